The number of carbonyl (C=O) groups excluding carboxylic acids is 1. The van der Waals surface area contributed by atoms with Gasteiger partial charge in [-0.25, -0.2) is 4.98 Å². The van der Waals surface area contributed by atoms with Gasteiger partial charge >= 0.3 is 0 Å². The van der Waals surface area contributed by atoms with Crippen molar-refractivity contribution in [1.29, 1.82) is 0 Å². The number of anilines is 1. The Morgan fingerprint density at radius 3 is 3.00 bits per heavy atom. The fourth-order valence-electron chi connectivity index (χ4n) is 1.19. The lowest BCUT2D eigenvalue weighted by atomic mass is 10.4. The predicted molar refractivity (Wildman–Crippen MR) is 67.8 cm³/mol. The van der Waals surface area contributed by atoms with Crippen LogP contribution in [0.4, 0.5) is 5.82 Å². The molecule has 0 spiro atoms. The van der Waals surface area contributed by atoms with Gasteiger partial charge in [-0.15, -0.1) is 0 Å². The molecule has 2 heterocycles. The molecule has 0 radical (unpaired) electrons. The van der Waals surface area contributed by atoms with Gasteiger partial charge in [0, 0.05) is 12.4 Å². The Bertz CT molecular complexity index is 483. The Morgan fingerprint density at radius 1 is 1.50 bits per heavy atom. The van der Waals surface area contributed by atoms with Crippen molar-refractivity contribution in [1.82, 2.24) is 14.8 Å². The first-order chi connectivity index (χ1) is 7.74. The number of pyridine rings is 1. The summed E-state index contributed by atoms with van der Waals surface area (Å²) in [6.45, 7) is 0.194. The summed E-state index contributed by atoms with van der Waals surface area (Å²) in [5.41, 5.74) is 0. The van der Waals surface area contributed by atoms with E-state index in [-0.39, 0.29) is 12.5 Å². The van der Waals surface area contributed by atoms with Gasteiger partial charge in [0.25, 0.3) is 0 Å². The third-order valence-electron chi connectivity index (χ3n) is 1.84. The van der Waals surface area contributed by atoms with Crippen LogP contribution in [0.5, 0.6) is 0 Å². The molecule has 0 aliphatic rings. The van der Waals surface area contributed by atoms with Crippen LogP contribution in [-0.4, -0.2) is 20.7 Å². The maximum atomic E-state index is 11.6. The first-order valence-corrected chi connectivity index (χ1v) is 5.71. The van der Waals surface area contributed by atoms with Crippen LogP contribution in [0.25, 0.3) is 0 Å². The van der Waals surface area contributed by atoms with E-state index in [0.29, 0.717) is 5.82 Å². The Morgan fingerprint density at radius 2 is 2.38 bits per heavy atom. The van der Waals surface area contributed by atoms with E-state index in [1.807, 2.05) is 6.07 Å². The second-order valence-corrected chi connectivity index (χ2v) is 4.36. The predicted octanol–water partition coefficient (Wildman–Crippen LogP) is 1.52. The van der Waals surface area contributed by atoms with Crippen molar-refractivity contribution in [2.75, 3.05) is 5.32 Å². The molecular weight excluding hydrogens is 319 g/mol. The van der Waals surface area contributed by atoms with Crippen LogP contribution in [-0.2, 0) is 11.3 Å². The molecule has 0 unspecified atom stereocenters. The smallest absolute Gasteiger partial charge is 0.247 e. The Labute approximate surface area is 106 Å². The molecule has 0 fully saturated rings. The molecule has 0 bridgehead atoms. The van der Waals surface area contributed by atoms with Crippen molar-refractivity contribution in [3.05, 3.63) is 40.4 Å². The summed E-state index contributed by atoms with van der Waals surface area (Å²) in [5.74, 6) is 0.410. The number of amides is 1. The second-order valence-electron chi connectivity index (χ2n) is 3.12. The van der Waals surface area contributed by atoms with E-state index in [0.717, 1.165) is 3.57 Å². The maximum Gasteiger partial charge on any atom is 0.247 e. The minimum absolute atomic E-state index is 0.141. The van der Waals surface area contributed by atoms with Gasteiger partial charge in [-0.05, 0) is 34.7 Å². The first kappa shape index (κ1) is 11.1. The monoisotopic (exact) mass is 328 g/mol. The van der Waals surface area contributed by atoms with Crippen molar-refractivity contribution in [3.63, 3.8) is 0 Å². The van der Waals surface area contributed by atoms with Crippen molar-refractivity contribution in [2.24, 2.45) is 0 Å². The molecule has 0 aromatic carbocycles. The molecule has 6 heteroatoms. The third kappa shape index (κ3) is 3.02. The van der Waals surface area contributed by atoms with E-state index in [1.54, 1.807) is 35.4 Å². The lowest BCUT2D eigenvalue weighted by molar-refractivity contribution is -0.116. The Kier molecular flexibility index (Phi) is 3.50. The average molecular weight is 328 g/mol. The molecular formula is C10H9IN4O. The fraction of sp³-hybridized carbons (Fsp3) is 0.100. The molecule has 82 valence electrons. The van der Waals surface area contributed by atoms with Gasteiger partial charge in [0.2, 0.25) is 5.91 Å². The van der Waals surface area contributed by atoms with E-state index >= 15 is 0 Å². The standard InChI is InChI=1S/C10H9IN4O/c11-8-5-13-15(6-8)7-10(16)14-9-3-1-2-4-12-9/h1-6H,7H2,(H,12,14,16). The van der Waals surface area contributed by atoms with E-state index in [2.05, 4.69) is 38.0 Å². The fourth-order valence-corrected chi connectivity index (χ4v) is 1.64. The summed E-state index contributed by atoms with van der Waals surface area (Å²) >= 11 is 2.14. The second kappa shape index (κ2) is 5.06. The molecule has 0 saturated heterocycles. The number of rotatable bonds is 3. The summed E-state index contributed by atoms with van der Waals surface area (Å²) in [6, 6.07) is 5.36. The highest BCUT2D eigenvalue weighted by atomic mass is 127. The van der Waals surface area contributed by atoms with Crippen LogP contribution >= 0.6 is 22.6 Å². The van der Waals surface area contributed by atoms with Gasteiger partial charge in [-0.2, -0.15) is 5.10 Å². The zero-order valence-electron chi connectivity index (χ0n) is 8.30. The summed E-state index contributed by atoms with van der Waals surface area (Å²) in [4.78, 5) is 15.6. The molecule has 1 amide bonds. The highest BCUT2D eigenvalue weighted by Gasteiger charge is 2.04. The lowest BCUT2D eigenvalue weighted by Gasteiger charge is -2.03. The van der Waals surface area contributed by atoms with Crippen LogP contribution in [0.3, 0.4) is 0 Å². The lowest BCUT2D eigenvalue weighted by Crippen LogP contribution is -2.19. The summed E-state index contributed by atoms with van der Waals surface area (Å²) in [7, 11) is 0. The SMILES string of the molecule is O=C(Cn1cc(I)cn1)Nc1ccccn1. The zero-order valence-corrected chi connectivity index (χ0v) is 10.5. The van der Waals surface area contributed by atoms with Gasteiger partial charge < -0.3 is 5.32 Å². The van der Waals surface area contributed by atoms with Gasteiger partial charge in [-0.3, -0.25) is 9.48 Å². The molecule has 5 nitrogen and oxygen atoms in total. The summed E-state index contributed by atoms with van der Waals surface area (Å²) in [5, 5.41) is 6.71. The van der Waals surface area contributed by atoms with Crippen molar-refractivity contribution < 1.29 is 4.79 Å². The molecule has 0 atom stereocenters. The highest BCUT2D eigenvalue weighted by Crippen LogP contribution is 2.03. The number of hydrogen-bond donors (Lipinski definition) is 1. The van der Waals surface area contributed by atoms with Crippen molar-refractivity contribution >= 4 is 34.3 Å². The summed E-state index contributed by atoms with van der Waals surface area (Å²) < 4.78 is 2.59. The topological polar surface area (TPSA) is 59.8 Å². The van der Waals surface area contributed by atoms with E-state index in [1.165, 1.54) is 0 Å². The number of carbonyl (C=O) groups is 1. The van der Waals surface area contributed by atoms with E-state index in [4.69, 9.17) is 0 Å². The highest BCUT2D eigenvalue weighted by molar-refractivity contribution is 14.1. The Hall–Kier alpha value is -1.44. The molecule has 1 N–H and O–H groups in total. The molecule has 0 aliphatic heterocycles. The number of hydrogen-bond acceptors (Lipinski definition) is 3. The largest absolute Gasteiger partial charge is 0.309 e. The van der Waals surface area contributed by atoms with Crippen LogP contribution in [0.1, 0.15) is 0 Å². The van der Waals surface area contributed by atoms with Crippen LogP contribution in [0.2, 0.25) is 0 Å². The normalized spacial score (nSPS) is 10.1. The molecule has 16 heavy (non-hydrogen) atoms. The first-order valence-electron chi connectivity index (χ1n) is 4.63. The molecule has 2 rings (SSSR count). The number of nitrogens with one attached hydrogen (secondary N) is 1. The zero-order chi connectivity index (χ0) is 11.4. The van der Waals surface area contributed by atoms with Crippen LogP contribution in [0, 0.1) is 3.57 Å². The number of halogens is 1. The van der Waals surface area contributed by atoms with Gasteiger partial charge in [-0.1, -0.05) is 6.07 Å². The summed E-state index contributed by atoms with van der Waals surface area (Å²) in [6.07, 6.45) is 5.14. The van der Waals surface area contributed by atoms with E-state index in [9.17, 15) is 4.79 Å². The minimum Gasteiger partial charge on any atom is -0.309 e. The number of aromatic nitrogens is 3. The molecule has 0 saturated carbocycles. The van der Waals surface area contributed by atoms with Crippen molar-refractivity contribution in [3.8, 4) is 0 Å². The van der Waals surface area contributed by atoms with Gasteiger partial charge in [0.15, 0.2) is 0 Å². The molecule has 2 aromatic rings. The quantitative estimate of drug-likeness (QED) is 0.869. The maximum absolute atomic E-state index is 11.6. The number of nitrogens with zero attached hydrogens (tertiary/aromatic N) is 3. The third-order valence-corrected chi connectivity index (χ3v) is 2.40. The minimum atomic E-state index is -0.141. The average Bonchev–Trinajstić information content (AvgIpc) is 2.65. The van der Waals surface area contributed by atoms with Gasteiger partial charge in [0.1, 0.15) is 12.4 Å². The van der Waals surface area contributed by atoms with Crippen LogP contribution < -0.4 is 5.32 Å². The Balaban J connectivity index is 1.95. The van der Waals surface area contributed by atoms with Crippen molar-refractivity contribution in [2.45, 2.75) is 6.54 Å². The molecule has 2 aromatic heterocycles. The van der Waals surface area contributed by atoms with Gasteiger partial charge in [0.05, 0.1) is 9.77 Å². The van der Waals surface area contributed by atoms with E-state index < -0.39 is 0 Å². The van der Waals surface area contributed by atoms with Crippen LogP contribution in [0.15, 0.2) is 36.8 Å². The molecule has 0 aliphatic carbocycles.